The van der Waals surface area contributed by atoms with Crippen molar-refractivity contribution in [2.45, 2.75) is 18.2 Å². The van der Waals surface area contributed by atoms with Crippen LogP contribution >= 0.6 is 11.3 Å². The Morgan fingerprint density at radius 2 is 1.79 bits per heavy atom. The number of sulfonamides is 1. The first-order valence-corrected chi connectivity index (χ1v) is 11.1. The Hall–Kier alpha value is -2.55. The van der Waals surface area contributed by atoms with Crippen molar-refractivity contribution in [3.63, 3.8) is 0 Å². The molecule has 8 heteroatoms. The normalized spacial score (nSPS) is 12.0. The summed E-state index contributed by atoms with van der Waals surface area (Å²) >= 11 is 1.44. The van der Waals surface area contributed by atoms with Crippen molar-refractivity contribution < 1.29 is 8.42 Å². The summed E-state index contributed by atoms with van der Waals surface area (Å²) in [6.07, 6.45) is 2.76. The SMILES string of the molecule is CCc1ccc(/C=N/Nc2nc(-c3ccc(S(=O)(=O)N(C)C)cc3)cs2)cc1. The van der Waals surface area contributed by atoms with Crippen LogP contribution in [-0.4, -0.2) is 38.0 Å². The Morgan fingerprint density at radius 1 is 1.11 bits per heavy atom. The molecule has 0 saturated heterocycles. The van der Waals surface area contributed by atoms with Crippen molar-refractivity contribution in [2.24, 2.45) is 5.10 Å². The Kier molecular flexibility index (Phi) is 6.23. The van der Waals surface area contributed by atoms with E-state index in [1.165, 1.54) is 35.3 Å². The summed E-state index contributed by atoms with van der Waals surface area (Å²) in [7, 11) is -0.401. The molecule has 0 saturated carbocycles. The van der Waals surface area contributed by atoms with E-state index in [0.717, 1.165) is 23.2 Å². The smallest absolute Gasteiger partial charge is 0.242 e. The molecule has 1 N–H and O–H groups in total. The molecule has 0 aliphatic heterocycles. The second-order valence-electron chi connectivity index (χ2n) is 6.31. The van der Waals surface area contributed by atoms with Gasteiger partial charge in [-0.05, 0) is 29.7 Å². The van der Waals surface area contributed by atoms with Crippen LogP contribution in [0.3, 0.4) is 0 Å². The van der Waals surface area contributed by atoms with E-state index in [1.807, 2.05) is 17.5 Å². The quantitative estimate of drug-likeness (QED) is 0.467. The molecule has 6 nitrogen and oxygen atoms in total. The van der Waals surface area contributed by atoms with Gasteiger partial charge in [-0.3, -0.25) is 5.43 Å². The minimum Gasteiger partial charge on any atom is -0.253 e. The Morgan fingerprint density at radius 3 is 2.39 bits per heavy atom. The summed E-state index contributed by atoms with van der Waals surface area (Å²) in [5, 5.41) is 6.80. The van der Waals surface area contributed by atoms with E-state index in [2.05, 4.69) is 34.6 Å². The number of rotatable bonds is 7. The highest BCUT2D eigenvalue weighted by Gasteiger charge is 2.17. The number of aryl methyl sites for hydroxylation is 1. The molecule has 0 aliphatic rings. The standard InChI is InChI=1S/C20H22N4O2S2/c1-4-15-5-7-16(8-6-15)13-21-23-20-22-19(14-27-20)17-9-11-18(12-10-17)28(25,26)24(2)3/h5-14H,4H2,1-3H3,(H,22,23)/b21-13+. The zero-order valence-electron chi connectivity index (χ0n) is 16.0. The largest absolute Gasteiger partial charge is 0.253 e. The lowest BCUT2D eigenvalue weighted by atomic mass is 10.1. The van der Waals surface area contributed by atoms with E-state index in [0.29, 0.717) is 5.13 Å². The molecular weight excluding hydrogens is 392 g/mol. The third-order valence-electron chi connectivity index (χ3n) is 4.19. The maximum atomic E-state index is 12.1. The fraction of sp³-hybridized carbons (Fsp3) is 0.200. The number of nitrogens with one attached hydrogen (secondary N) is 1. The van der Waals surface area contributed by atoms with Crippen LogP contribution in [-0.2, 0) is 16.4 Å². The van der Waals surface area contributed by atoms with Crippen molar-refractivity contribution in [3.05, 3.63) is 65.0 Å². The van der Waals surface area contributed by atoms with Crippen molar-refractivity contribution >= 4 is 32.7 Å². The molecule has 28 heavy (non-hydrogen) atoms. The highest BCUT2D eigenvalue weighted by molar-refractivity contribution is 7.89. The van der Waals surface area contributed by atoms with Gasteiger partial charge in [-0.25, -0.2) is 17.7 Å². The zero-order valence-corrected chi connectivity index (χ0v) is 17.6. The summed E-state index contributed by atoms with van der Waals surface area (Å²) in [6, 6.07) is 14.9. The zero-order chi connectivity index (χ0) is 20.1. The summed E-state index contributed by atoms with van der Waals surface area (Å²) in [5.74, 6) is 0. The van der Waals surface area contributed by atoms with E-state index in [9.17, 15) is 8.42 Å². The lowest BCUT2D eigenvalue weighted by Gasteiger charge is -2.11. The summed E-state index contributed by atoms with van der Waals surface area (Å²) < 4.78 is 25.5. The lowest BCUT2D eigenvalue weighted by molar-refractivity contribution is 0.521. The van der Waals surface area contributed by atoms with E-state index in [-0.39, 0.29) is 4.90 Å². The van der Waals surface area contributed by atoms with Gasteiger partial charge in [0.25, 0.3) is 0 Å². The number of hydrogen-bond acceptors (Lipinski definition) is 6. The highest BCUT2D eigenvalue weighted by atomic mass is 32.2. The van der Waals surface area contributed by atoms with Crippen molar-refractivity contribution in [2.75, 3.05) is 19.5 Å². The number of hydrogen-bond donors (Lipinski definition) is 1. The second-order valence-corrected chi connectivity index (χ2v) is 9.32. The van der Waals surface area contributed by atoms with Gasteiger partial charge in [0.05, 0.1) is 16.8 Å². The summed E-state index contributed by atoms with van der Waals surface area (Å²) in [6.45, 7) is 2.12. The van der Waals surface area contributed by atoms with E-state index < -0.39 is 10.0 Å². The van der Waals surface area contributed by atoms with Crippen LogP contribution in [0.25, 0.3) is 11.3 Å². The number of thiazole rings is 1. The molecule has 2 aromatic carbocycles. The Labute approximate surface area is 169 Å². The fourth-order valence-corrected chi connectivity index (χ4v) is 4.04. The lowest BCUT2D eigenvalue weighted by Crippen LogP contribution is -2.22. The molecule has 0 amide bonds. The van der Waals surface area contributed by atoms with Gasteiger partial charge in [-0.1, -0.05) is 43.3 Å². The van der Waals surface area contributed by atoms with Gasteiger partial charge in [0.15, 0.2) is 0 Å². The Bertz CT molecular complexity index is 1050. The van der Waals surface area contributed by atoms with Gasteiger partial charge in [0.2, 0.25) is 15.2 Å². The molecule has 0 aliphatic carbocycles. The predicted octanol–water partition coefficient (Wildman–Crippen LogP) is 4.07. The molecule has 146 valence electrons. The maximum absolute atomic E-state index is 12.1. The van der Waals surface area contributed by atoms with E-state index in [4.69, 9.17) is 0 Å². The molecule has 0 radical (unpaired) electrons. The van der Waals surface area contributed by atoms with Crippen LogP contribution in [0.2, 0.25) is 0 Å². The number of hydrazone groups is 1. The molecule has 1 aromatic heterocycles. The van der Waals surface area contributed by atoms with Crippen molar-refractivity contribution in [1.29, 1.82) is 0 Å². The minimum atomic E-state index is -3.43. The molecule has 1 heterocycles. The molecule has 0 fully saturated rings. The van der Waals surface area contributed by atoms with E-state index >= 15 is 0 Å². The fourth-order valence-electron chi connectivity index (χ4n) is 2.47. The van der Waals surface area contributed by atoms with Crippen LogP contribution in [0.1, 0.15) is 18.1 Å². The molecule has 0 unspecified atom stereocenters. The van der Waals surface area contributed by atoms with Crippen molar-refractivity contribution in [1.82, 2.24) is 9.29 Å². The molecule has 3 aromatic rings. The third-order valence-corrected chi connectivity index (χ3v) is 6.77. The van der Waals surface area contributed by atoms with Gasteiger partial charge < -0.3 is 0 Å². The maximum Gasteiger partial charge on any atom is 0.242 e. The number of nitrogens with zero attached hydrogens (tertiary/aromatic N) is 3. The van der Waals surface area contributed by atoms with E-state index in [1.54, 1.807) is 30.5 Å². The van der Waals surface area contributed by atoms with Gasteiger partial charge in [-0.15, -0.1) is 11.3 Å². The average Bonchev–Trinajstić information content (AvgIpc) is 3.17. The second kappa shape index (κ2) is 8.64. The van der Waals surface area contributed by atoms with Gasteiger partial charge >= 0.3 is 0 Å². The third kappa shape index (κ3) is 4.64. The van der Waals surface area contributed by atoms with Crippen LogP contribution < -0.4 is 5.43 Å². The minimum absolute atomic E-state index is 0.258. The van der Waals surface area contributed by atoms with Gasteiger partial charge in [0.1, 0.15) is 0 Å². The van der Waals surface area contributed by atoms with Crippen LogP contribution in [0.4, 0.5) is 5.13 Å². The number of benzene rings is 2. The predicted molar refractivity (Wildman–Crippen MR) is 115 cm³/mol. The molecule has 0 spiro atoms. The average molecular weight is 415 g/mol. The number of anilines is 1. The highest BCUT2D eigenvalue weighted by Crippen LogP contribution is 2.26. The first-order valence-electron chi connectivity index (χ1n) is 8.76. The Balaban J connectivity index is 1.67. The molecule has 0 bridgehead atoms. The van der Waals surface area contributed by atoms with Crippen LogP contribution in [0.15, 0.2) is 63.9 Å². The van der Waals surface area contributed by atoms with Crippen LogP contribution in [0, 0.1) is 0 Å². The van der Waals surface area contributed by atoms with Gasteiger partial charge in [0, 0.05) is 25.0 Å². The molecule has 0 atom stereocenters. The topological polar surface area (TPSA) is 74.7 Å². The summed E-state index contributed by atoms with van der Waals surface area (Å²) in [5.41, 5.74) is 6.86. The monoisotopic (exact) mass is 414 g/mol. The molecule has 3 rings (SSSR count). The first-order chi connectivity index (χ1) is 13.4. The summed E-state index contributed by atoms with van der Waals surface area (Å²) in [4.78, 5) is 4.76. The van der Waals surface area contributed by atoms with Crippen LogP contribution in [0.5, 0.6) is 0 Å². The first kappa shape index (κ1) is 20.2. The molecular formula is C20H22N4O2S2. The van der Waals surface area contributed by atoms with Gasteiger partial charge in [-0.2, -0.15) is 5.10 Å². The number of aromatic nitrogens is 1. The van der Waals surface area contributed by atoms with Crippen molar-refractivity contribution in [3.8, 4) is 11.3 Å².